The standard InChI is InChI=1S/C14H14N4O2/c19-13-8-10(14(20)16-12-6-7-15-17-12)9-18(13)11-4-2-1-3-5-11/h1-7,10H,8-9H2,(H2,15,16,17,20). The third-order valence-electron chi connectivity index (χ3n) is 3.32. The Hall–Kier alpha value is -2.63. The molecule has 1 unspecified atom stereocenters. The largest absolute Gasteiger partial charge is 0.312 e. The molecule has 0 bridgehead atoms. The van der Waals surface area contributed by atoms with E-state index in [2.05, 4.69) is 15.5 Å². The van der Waals surface area contributed by atoms with E-state index in [1.165, 1.54) is 0 Å². The Bertz CT molecular complexity index is 609. The lowest BCUT2D eigenvalue weighted by Crippen LogP contribution is -2.28. The van der Waals surface area contributed by atoms with E-state index in [0.717, 1.165) is 5.69 Å². The zero-order valence-corrected chi connectivity index (χ0v) is 10.7. The van der Waals surface area contributed by atoms with Crippen molar-refractivity contribution >= 4 is 23.3 Å². The number of aromatic amines is 1. The number of hydrogen-bond donors (Lipinski definition) is 2. The highest BCUT2D eigenvalue weighted by Crippen LogP contribution is 2.25. The molecule has 0 saturated carbocycles. The van der Waals surface area contributed by atoms with E-state index >= 15 is 0 Å². The molecule has 1 aromatic heterocycles. The van der Waals surface area contributed by atoms with Crippen molar-refractivity contribution in [3.63, 3.8) is 0 Å². The van der Waals surface area contributed by atoms with Crippen LogP contribution in [-0.2, 0) is 9.59 Å². The van der Waals surface area contributed by atoms with E-state index in [1.54, 1.807) is 17.2 Å². The number of anilines is 2. The fraction of sp³-hybridized carbons (Fsp3) is 0.214. The van der Waals surface area contributed by atoms with Gasteiger partial charge in [0, 0.05) is 24.7 Å². The first-order valence-corrected chi connectivity index (χ1v) is 6.39. The third kappa shape index (κ3) is 2.40. The zero-order chi connectivity index (χ0) is 13.9. The third-order valence-corrected chi connectivity index (χ3v) is 3.32. The van der Waals surface area contributed by atoms with E-state index in [-0.39, 0.29) is 24.2 Å². The SMILES string of the molecule is O=C(Nc1ccn[nH]1)C1CC(=O)N(c2ccccc2)C1. The molecule has 2 aromatic rings. The summed E-state index contributed by atoms with van der Waals surface area (Å²) in [5.41, 5.74) is 0.828. The van der Waals surface area contributed by atoms with Crippen LogP contribution in [0, 0.1) is 5.92 Å². The molecule has 20 heavy (non-hydrogen) atoms. The van der Waals surface area contributed by atoms with Crippen LogP contribution in [0.2, 0.25) is 0 Å². The number of benzene rings is 1. The van der Waals surface area contributed by atoms with Crippen LogP contribution in [0.25, 0.3) is 0 Å². The van der Waals surface area contributed by atoms with Crippen molar-refractivity contribution in [3.8, 4) is 0 Å². The summed E-state index contributed by atoms with van der Waals surface area (Å²) in [5.74, 6) is 0.00797. The number of carbonyl (C=O) groups is 2. The monoisotopic (exact) mass is 270 g/mol. The van der Waals surface area contributed by atoms with Gasteiger partial charge in [0.25, 0.3) is 0 Å². The second kappa shape index (κ2) is 5.16. The van der Waals surface area contributed by atoms with Crippen LogP contribution in [0.4, 0.5) is 11.5 Å². The van der Waals surface area contributed by atoms with Crippen molar-refractivity contribution in [2.45, 2.75) is 6.42 Å². The normalized spacial score (nSPS) is 18.3. The van der Waals surface area contributed by atoms with Gasteiger partial charge in [-0.05, 0) is 12.1 Å². The molecule has 2 N–H and O–H groups in total. The van der Waals surface area contributed by atoms with Gasteiger partial charge in [-0.1, -0.05) is 18.2 Å². The molecule has 6 heteroatoms. The van der Waals surface area contributed by atoms with Crippen LogP contribution in [-0.4, -0.2) is 28.6 Å². The van der Waals surface area contributed by atoms with E-state index in [1.807, 2.05) is 30.3 Å². The summed E-state index contributed by atoms with van der Waals surface area (Å²) in [6, 6.07) is 11.1. The van der Waals surface area contributed by atoms with Crippen molar-refractivity contribution in [3.05, 3.63) is 42.6 Å². The molecule has 3 rings (SSSR count). The quantitative estimate of drug-likeness (QED) is 0.885. The number of carbonyl (C=O) groups excluding carboxylic acids is 2. The van der Waals surface area contributed by atoms with Crippen molar-refractivity contribution < 1.29 is 9.59 Å². The molecule has 1 aromatic carbocycles. The first-order chi connectivity index (χ1) is 9.74. The lowest BCUT2D eigenvalue weighted by atomic mass is 10.1. The van der Waals surface area contributed by atoms with E-state index in [0.29, 0.717) is 12.4 Å². The molecule has 2 amide bonds. The minimum atomic E-state index is -0.342. The second-order valence-corrected chi connectivity index (χ2v) is 4.70. The van der Waals surface area contributed by atoms with Gasteiger partial charge in [-0.2, -0.15) is 5.10 Å². The predicted octanol–water partition coefficient (Wildman–Crippen LogP) is 1.40. The van der Waals surface area contributed by atoms with E-state index in [4.69, 9.17) is 0 Å². The summed E-state index contributed by atoms with van der Waals surface area (Å²) in [7, 11) is 0. The highest BCUT2D eigenvalue weighted by molar-refractivity contribution is 6.03. The average molecular weight is 270 g/mol. The van der Waals surface area contributed by atoms with Crippen molar-refractivity contribution in [1.29, 1.82) is 0 Å². The summed E-state index contributed by atoms with van der Waals surface area (Å²) in [4.78, 5) is 25.8. The number of amides is 2. The molecule has 0 radical (unpaired) electrons. The summed E-state index contributed by atoms with van der Waals surface area (Å²) in [5, 5.41) is 9.15. The Morgan fingerprint density at radius 3 is 2.80 bits per heavy atom. The molecule has 0 aliphatic carbocycles. The topological polar surface area (TPSA) is 78.1 Å². The molecule has 1 saturated heterocycles. The molecule has 102 valence electrons. The summed E-state index contributed by atoms with van der Waals surface area (Å²) in [6.45, 7) is 0.406. The Labute approximate surface area is 115 Å². The summed E-state index contributed by atoms with van der Waals surface area (Å²) < 4.78 is 0. The Morgan fingerprint density at radius 1 is 1.30 bits per heavy atom. The van der Waals surface area contributed by atoms with Gasteiger partial charge in [0.05, 0.1) is 12.1 Å². The molecule has 1 fully saturated rings. The Morgan fingerprint density at radius 2 is 2.10 bits per heavy atom. The van der Waals surface area contributed by atoms with E-state index < -0.39 is 0 Å². The Kier molecular flexibility index (Phi) is 3.20. The number of nitrogens with zero attached hydrogens (tertiary/aromatic N) is 2. The van der Waals surface area contributed by atoms with Gasteiger partial charge >= 0.3 is 0 Å². The molecular weight excluding hydrogens is 256 g/mol. The highest BCUT2D eigenvalue weighted by Gasteiger charge is 2.35. The smallest absolute Gasteiger partial charge is 0.230 e. The second-order valence-electron chi connectivity index (χ2n) is 4.70. The van der Waals surface area contributed by atoms with Crippen LogP contribution in [0.1, 0.15) is 6.42 Å². The van der Waals surface area contributed by atoms with Crippen LogP contribution in [0.3, 0.4) is 0 Å². The minimum Gasteiger partial charge on any atom is -0.312 e. The zero-order valence-electron chi connectivity index (χ0n) is 10.7. The van der Waals surface area contributed by atoms with Crippen LogP contribution in [0.5, 0.6) is 0 Å². The van der Waals surface area contributed by atoms with Gasteiger partial charge in [-0.3, -0.25) is 14.7 Å². The van der Waals surface area contributed by atoms with Crippen molar-refractivity contribution in [2.75, 3.05) is 16.8 Å². The van der Waals surface area contributed by atoms with Crippen molar-refractivity contribution in [1.82, 2.24) is 10.2 Å². The van der Waals surface area contributed by atoms with E-state index in [9.17, 15) is 9.59 Å². The lowest BCUT2D eigenvalue weighted by Gasteiger charge is -2.16. The first kappa shape index (κ1) is 12.4. The number of hydrogen-bond acceptors (Lipinski definition) is 3. The fourth-order valence-electron chi connectivity index (χ4n) is 2.30. The van der Waals surface area contributed by atoms with Gasteiger partial charge < -0.3 is 10.2 Å². The molecule has 1 atom stereocenters. The summed E-state index contributed by atoms with van der Waals surface area (Å²) >= 11 is 0. The summed E-state index contributed by atoms with van der Waals surface area (Å²) in [6.07, 6.45) is 1.79. The maximum atomic E-state index is 12.1. The van der Waals surface area contributed by atoms with Gasteiger partial charge in [0.2, 0.25) is 11.8 Å². The predicted molar refractivity (Wildman–Crippen MR) is 74.1 cm³/mol. The van der Waals surface area contributed by atoms with Crippen molar-refractivity contribution in [2.24, 2.45) is 5.92 Å². The molecule has 0 spiro atoms. The first-order valence-electron chi connectivity index (χ1n) is 6.39. The number of H-pyrrole nitrogens is 1. The lowest BCUT2D eigenvalue weighted by molar-refractivity contribution is -0.122. The maximum absolute atomic E-state index is 12.1. The van der Waals surface area contributed by atoms with Gasteiger partial charge in [-0.15, -0.1) is 0 Å². The van der Waals surface area contributed by atoms with Gasteiger partial charge in [-0.25, -0.2) is 0 Å². The number of para-hydroxylation sites is 1. The highest BCUT2D eigenvalue weighted by atomic mass is 16.2. The molecular formula is C14H14N4O2. The number of nitrogens with one attached hydrogen (secondary N) is 2. The fourth-order valence-corrected chi connectivity index (χ4v) is 2.30. The number of aromatic nitrogens is 2. The number of rotatable bonds is 3. The van der Waals surface area contributed by atoms with Gasteiger partial charge in [0.1, 0.15) is 5.82 Å². The molecule has 1 aliphatic rings. The maximum Gasteiger partial charge on any atom is 0.230 e. The average Bonchev–Trinajstić information content (AvgIpc) is 3.09. The van der Waals surface area contributed by atoms with Crippen LogP contribution >= 0.6 is 0 Å². The molecule has 1 aliphatic heterocycles. The Balaban J connectivity index is 1.69. The molecule has 2 heterocycles. The van der Waals surface area contributed by atoms with Crippen LogP contribution in [0.15, 0.2) is 42.6 Å². The van der Waals surface area contributed by atoms with Crippen LogP contribution < -0.4 is 10.2 Å². The molecule has 6 nitrogen and oxygen atoms in total. The van der Waals surface area contributed by atoms with Gasteiger partial charge in [0.15, 0.2) is 0 Å². The minimum absolute atomic E-state index is 0.0269.